The lowest BCUT2D eigenvalue weighted by Crippen LogP contribution is -2.17. The first kappa shape index (κ1) is 22.9. The van der Waals surface area contributed by atoms with Gasteiger partial charge in [-0.05, 0) is 25.0 Å². The van der Waals surface area contributed by atoms with Gasteiger partial charge in [0.15, 0.2) is 0 Å². The number of nitrogens with one attached hydrogen (secondary N) is 2. The van der Waals surface area contributed by atoms with E-state index < -0.39 is 11.6 Å². The second-order valence-corrected chi connectivity index (χ2v) is 6.54. The Morgan fingerprint density at radius 1 is 0.700 bits per heavy atom. The number of nitrogens with zero attached hydrogens (tertiary/aromatic N) is 2. The summed E-state index contributed by atoms with van der Waals surface area (Å²) >= 11 is 0. The van der Waals surface area contributed by atoms with E-state index in [1.54, 1.807) is 36.4 Å². The van der Waals surface area contributed by atoms with E-state index in [9.17, 15) is 18.4 Å². The first-order valence-corrected chi connectivity index (χ1v) is 9.69. The summed E-state index contributed by atoms with van der Waals surface area (Å²) < 4.78 is 26.8. The summed E-state index contributed by atoms with van der Waals surface area (Å²) in [6.07, 6.45) is 6.02. The SMILES string of the molecule is O=C(CCCCCCC(=O)N/N=C/c1ccccc1F)N/N=C/c1ccccc1F. The van der Waals surface area contributed by atoms with Crippen molar-refractivity contribution >= 4 is 24.2 Å². The van der Waals surface area contributed by atoms with Gasteiger partial charge < -0.3 is 0 Å². The molecule has 0 aliphatic heterocycles. The molecule has 0 unspecified atom stereocenters. The van der Waals surface area contributed by atoms with Gasteiger partial charge in [-0.1, -0.05) is 49.2 Å². The molecular formula is C22H24F2N4O2. The van der Waals surface area contributed by atoms with E-state index in [0.29, 0.717) is 36.8 Å². The van der Waals surface area contributed by atoms with Gasteiger partial charge in [0.05, 0.1) is 12.4 Å². The number of amides is 2. The molecule has 0 spiro atoms. The highest BCUT2D eigenvalue weighted by Crippen LogP contribution is 2.06. The smallest absolute Gasteiger partial charge is 0.240 e. The Morgan fingerprint density at radius 3 is 1.50 bits per heavy atom. The van der Waals surface area contributed by atoms with E-state index in [-0.39, 0.29) is 11.8 Å². The van der Waals surface area contributed by atoms with Crippen LogP contribution < -0.4 is 10.9 Å². The fraction of sp³-hybridized carbons (Fsp3) is 0.273. The molecule has 2 aromatic rings. The van der Waals surface area contributed by atoms with Gasteiger partial charge in [0, 0.05) is 24.0 Å². The van der Waals surface area contributed by atoms with Gasteiger partial charge in [0.25, 0.3) is 0 Å². The van der Waals surface area contributed by atoms with Crippen molar-refractivity contribution in [1.82, 2.24) is 10.9 Å². The molecule has 0 aliphatic carbocycles. The van der Waals surface area contributed by atoms with E-state index in [2.05, 4.69) is 21.1 Å². The van der Waals surface area contributed by atoms with Gasteiger partial charge in [-0.15, -0.1) is 0 Å². The predicted molar refractivity (Wildman–Crippen MR) is 112 cm³/mol. The van der Waals surface area contributed by atoms with E-state index in [1.165, 1.54) is 24.6 Å². The quantitative estimate of drug-likeness (QED) is 0.332. The number of benzene rings is 2. The number of rotatable bonds is 11. The number of hydrogen-bond acceptors (Lipinski definition) is 4. The lowest BCUT2D eigenvalue weighted by molar-refractivity contribution is -0.122. The van der Waals surface area contributed by atoms with Gasteiger partial charge in [-0.25, -0.2) is 19.6 Å². The molecule has 30 heavy (non-hydrogen) atoms. The van der Waals surface area contributed by atoms with Crippen molar-refractivity contribution in [1.29, 1.82) is 0 Å². The van der Waals surface area contributed by atoms with Crippen LogP contribution in [0.4, 0.5) is 8.78 Å². The average Bonchev–Trinajstić information content (AvgIpc) is 2.73. The van der Waals surface area contributed by atoms with Crippen molar-refractivity contribution in [3.63, 3.8) is 0 Å². The molecule has 0 saturated carbocycles. The topological polar surface area (TPSA) is 82.9 Å². The lowest BCUT2D eigenvalue weighted by atomic mass is 10.1. The van der Waals surface area contributed by atoms with Crippen molar-refractivity contribution in [2.24, 2.45) is 10.2 Å². The van der Waals surface area contributed by atoms with Gasteiger partial charge in [0.1, 0.15) is 11.6 Å². The molecule has 0 radical (unpaired) electrons. The average molecular weight is 414 g/mol. The first-order valence-electron chi connectivity index (χ1n) is 9.69. The van der Waals surface area contributed by atoms with Crippen LogP contribution in [0.15, 0.2) is 58.7 Å². The van der Waals surface area contributed by atoms with E-state index in [4.69, 9.17) is 0 Å². The fourth-order valence-electron chi connectivity index (χ4n) is 2.54. The Hall–Kier alpha value is -3.42. The Kier molecular flexibility index (Phi) is 9.85. The zero-order chi connectivity index (χ0) is 21.6. The molecule has 0 bridgehead atoms. The van der Waals surface area contributed by atoms with Crippen molar-refractivity contribution in [2.75, 3.05) is 0 Å². The van der Waals surface area contributed by atoms with E-state index in [1.807, 2.05) is 0 Å². The summed E-state index contributed by atoms with van der Waals surface area (Å²) in [5.41, 5.74) is 5.33. The molecule has 2 aromatic carbocycles. The fourth-order valence-corrected chi connectivity index (χ4v) is 2.54. The molecule has 0 saturated heterocycles. The first-order chi connectivity index (χ1) is 14.6. The zero-order valence-electron chi connectivity index (χ0n) is 16.5. The predicted octanol–water partition coefficient (Wildman–Crippen LogP) is 3.91. The maximum atomic E-state index is 13.4. The van der Waals surface area contributed by atoms with Crippen molar-refractivity contribution in [3.05, 3.63) is 71.3 Å². The van der Waals surface area contributed by atoms with E-state index >= 15 is 0 Å². The second-order valence-electron chi connectivity index (χ2n) is 6.54. The lowest BCUT2D eigenvalue weighted by Gasteiger charge is -2.02. The van der Waals surface area contributed by atoms with Crippen LogP contribution in [0.1, 0.15) is 49.7 Å². The normalized spacial score (nSPS) is 11.1. The van der Waals surface area contributed by atoms with Crippen LogP contribution in [-0.4, -0.2) is 24.2 Å². The molecule has 0 atom stereocenters. The highest BCUT2D eigenvalue weighted by Gasteiger charge is 2.03. The summed E-state index contributed by atoms with van der Waals surface area (Å²) in [4.78, 5) is 23.4. The standard InChI is InChI=1S/C22H24F2N4O2/c23-19-11-7-5-9-17(19)15-25-27-21(29)13-3-1-2-4-14-22(30)28-26-16-18-10-6-8-12-20(18)24/h5-12,15-16H,1-4,13-14H2,(H,27,29)(H,28,30)/b25-15+,26-16+. The van der Waals surface area contributed by atoms with Gasteiger partial charge in [-0.2, -0.15) is 10.2 Å². The summed E-state index contributed by atoms with van der Waals surface area (Å²) in [5.74, 6) is -1.31. The Bertz CT molecular complexity index is 827. The van der Waals surface area contributed by atoms with Crippen LogP contribution in [0.3, 0.4) is 0 Å². The summed E-state index contributed by atoms with van der Waals surface area (Å²) in [6.45, 7) is 0. The van der Waals surface area contributed by atoms with Crippen LogP contribution in [0, 0.1) is 11.6 Å². The van der Waals surface area contributed by atoms with Crippen LogP contribution in [-0.2, 0) is 9.59 Å². The molecule has 2 rings (SSSR count). The maximum Gasteiger partial charge on any atom is 0.240 e. The molecule has 0 aliphatic rings. The van der Waals surface area contributed by atoms with E-state index in [0.717, 1.165) is 12.8 Å². The molecule has 2 amide bonds. The van der Waals surface area contributed by atoms with Gasteiger partial charge in [0.2, 0.25) is 11.8 Å². The molecule has 158 valence electrons. The van der Waals surface area contributed by atoms with Gasteiger partial charge >= 0.3 is 0 Å². The van der Waals surface area contributed by atoms with Crippen LogP contribution in [0.2, 0.25) is 0 Å². The summed E-state index contributed by atoms with van der Waals surface area (Å²) in [7, 11) is 0. The van der Waals surface area contributed by atoms with Crippen LogP contribution in [0.25, 0.3) is 0 Å². The molecule has 8 heteroatoms. The Labute approximate surface area is 174 Å². The molecular weight excluding hydrogens is 390 g/mol. The van der Waals surface area contributed by atoms with Crippen molar-refractivity contribution < 1.29 is 18.4 Å². The number of hydrogen-bond donors (Lipinski definition) is 2. The Morgan fingerprint density at radius 2 is 1.10 bits per heavy atom. The maximum absolute atomic E-state index is 13.4. The second kappa shape index (κ2) is 12.9. The van der Waals surface area contributed by atoms with Crippen molar-refractivity contribution in [3.8, 4) is 0 Å². The molecule has 0 fully saturated rings. The third kappa shape index (κ3) is 8.72. The molecule has 6 nitrogen and oxygen atoms in total. The van der Waals surface area contributed by atoms with Gasteiger partial charge in [-0.3, -0.25) is 9.59 Å². The Balaban J connectivity index is 1.52. The number of carbonyl (C=O) groups excluding carboxylic acids is 2. The number of unbranched alkanes of at least 4 members (excludes halogenated alkanes) is 3. The third-order valence-electron chi connectivity index (χ3n) is 4.15. The van der Waals surface area contributed by atoms with Crippen molar-refractivity contribution in [2.45, 2.75) is 38.5 Å². The molecule has 2 N–H and O–H groups in total. The third-order valence-corrected chi connectivity index (χ3v) is 4.15. The number of carbonyl (C=O) groups is 2. The minimum Gasteiger partial charge on any atom is -0.273 e. The highest BCUT2D eigenvalue weighted by molar-refractivity contribution is 5.83. The summed E-state index contributed by atoms with van der Waals surface area (Å²) in [6, 6.07) is 12.3. The summed E-state index contributed by atoms with van der Waals surface area (Å²) in [5, 5.41) is 7.48. The molecule has 0 heterocycles. The molecule has 0 aromatic heterocycles. The monoisotopic (exact) mass is 414 g/mol. The number of hydrazone groups is 2. The number of halogens is 2. The minimum absolute atomic E-state index is 0.247. The van der Waals surface area contributed by atoms with Crippen LogP contribution in [0.5, 0.6) is 0 Å². The largest absolute Gasteiger partial charge is 0.273 e. The highest BCUT2D eigenvalue weighted by atomic mass is 19.1. The minimum atomic E-state index is -0.405. The zero-order valence-corrected chi connectivity index (χ0v) is 16.5. The van der Waals surface area contributed by atoms with Crippen LogP contribution >= 0.6 is 0 Å².